The molecule has 0 saturated carbocycles. The number of hydrogen-bond donors (Lipinski definition) is 1. The van der Waals surface area contributed by atoms with Crippen LogP contribution >= 0.6 is 0 Å². The molecule has 1 N–H and O–H groups in total. The minimum absolute atomic E-state index is 0.510. The molecular formula is C19H20O2. The van der Waals surface area contributed by atoms with Crippen molar-refractivity contribution in [3.05, 3.63) is 70.3 Å². The topological polar surface area (TPSA) is 37.3 Å². The van der Waals surface area contributed by atoms with Gasteiger partial charge in [0.25, 0.3) is 0 Å². The van der Waals surface area contributed by atoms with E-state index in [4.69, 9.17) is 0 Å². The van der Waals surface area contributed by atoms with E-state index in [9.17, 15) is 9.90 Å². The third kappa shape index (κ3) is 3.40. The molecule has 0 amide bonds. The van der Waals surface area contributed by atoms with E-state index in [1.54, 1.807) is 6.92 Å². The standard InChI is InChI=1S/C19H20O2/c1-13-7-6-9-16(14(13)2)11-12-17-8-4-5-10-18(17)15(3)19(20)21/h4-12,15H,1-3H3,(H,20,21). The van der Waals surface area contributed by atoms with E-state index in [-0.39, 0.29) is 0 Å². The Hall–Kier alpha value is -2.35. The van der Waals surface area contributed by atoms with Gasteiger partial charge in [0.2, 0.25) is 0 Å². The van der Waals surface area contributed by atoms with Crippen LogP contribution in [0.15, 0.2) is 42.5 Å². The molecule has 0 aliphatic heterocycles. The first kappa shape index (κ1) is 15.0. The van der Waals surface area contributed by atoms with E-state index in [0.29, 0.717) is 0 Å². The first-order valence-corrected chi connectivity index (χ1v) is 7.06. The average Bonchev–Trinajstić information content (AvgIpc) is 2.48. The lowest BCUT2D eigenvalue weighted by molar-refractivity contribution is -0.138. The van der Waals surface area contributed by atoms with Crippen LogP contribution in [-0.4, -0.2) is 11.1 Å². The maximum Gasteiger partial charge on any atom is 0.310 e. The van der Waals surface area contributed by atoms with Crippen molar-refractivity contribution in [2.75, 3.05) is 0 Å². The number of aliphatic carboxylic acids is 1. The number of carboxylic acids is 1. The summed E-state index contributed by atoms with van der Waals surface area (Å²) in [5, 5.41) is 9.20. The van der Waals surface area contributed by atoms with Crippen molar-refractivity contribution in [1.29, 1.82) is 0 Å². The zero-order valence-electron chi connectivity index (χ0n) is 12.6. The highest BCUT2D eigenvalue weighted by Gasteiger charge is 2.15. The fraction of sp³-hybridized carbons (Fsp3) is 0.211. The lowest BCUT2D eigenvalue weighted by atomic mass is 9.94. The molecule has 0 radical (unpaired) electrons. The van der Waals surface area contributed by atoms with Crippen LogP contribution in [0.5, 0.6) is 0 Å². The molecule has 21 heavy (non-hydrogen) atoms. The number of benzene rings is 2. The molecule has 2 aromatic carbocycles. The van der Waals surface area contributed by atoms with Crippen LogP contribution in [0, 0.1) is 13.8 Å². The second kappa shape index (κ2) is 6.40. The minimum Gasteiger partial charge on any atom is -0.481 e. The molecule has 1 atom stereocenters. The summed E-state index contributed by atoms with van der Waals surface area (Å²) in [4.78, 5) is 11.2. The third-order valence-electron chi connectivity index (χ3n) is 3.92. The van der Waals surface area contributed by atoms with Crippen molar-refractivity contribution in [3.8, 4) is 0 Å². The molecule has 2 rings (SSSR count). The van der Waals surface area contributed by atoms with Gasteiger partial charge in [-0.1, -0.05) is 54.6 Å². The Morgan fingerprint density at radius 1 is 1.00 bits per heavy atom. The molecule has 0 aromatic heterocycles. The van der Waals surface area contributed by atoms with Crippen molar-refractivity contribution in [2.45, 2.75) is 26.7 Å². The monoisotopic (exact) mass is 280 g/mol. The third-order valence-corrected chi connectivity index (χ3v) is 3.92. The van der Waals surface area contributed by atoms with Crippen molar-refractivity contribution in [1.82, 2.24) is 0 Å². The quantitative estimate of drug-likeness (QED) is 0.827. The summed E-state index contributed by atoms with van der Waals surface area (Å²) in [5.41, 5.74) is 5.45. The fourth-order valence-corrected chi connectivity index (χ4v) is 2.32. The molecule has 0 saturated heterocycles. The molecule has 2 heteroatoms. The van der Waals surface area contributed by atoms with Gasteiger partial charge in [0.1, 0.15) is 0 Å². The van der Waals surface area contributed by atoms with Gasteiger partial charge in [-0.15, -0.1) is 0 Å². The number of carbonyl (C=O) groups is 1. The Morgan fingerprint density at radius 2 is 1.62 bits per heavy atom. The molecule has 0 bridgehead atoms. The van der Waals surface area contributed by atoms with Gasteiger partial charge < -0.3 is 5.11 Å². The maximum atomic E-state index is 11.2. The molecule has 0 fully saturated rings. The molecule has 108 valence electrons. The molecule has 0 heterocycles. The van der Waals surface area contributed by atoms with Gasteiger partial charge in [0.15, 0.2) is 0 Å². The van der Waals surface area contributed by atoms with Gasteiger partial charge in [-0.05, 0) is 48.6 Å². The minimum atomic E-state index is -0.803. The highest BCUT2D eigenvalue weighted by molar-refractivity contribution is 5.80. The Kier molecular flexibility index (Phi) is 4.59. The number of hydrogen-bond acceptors (Lipinski definition) is 1. The Balaban J connectivity index is 2.38. The highest BCUT2D eigenvalue weighted by atomic mass is 16.4. The van der Waals surface area contributed by atoms with Crippen LogP contribution in [0.2, 0.25) is 0 Å². The SMILES string of the molecule is Cc1cccc(C=Cc2ccccc2C(C)C(=O)O)c1C. The van der Waals surface area contributed by atoms with Gasteiger partial charge in [-0.25, -0.2) is 0 Å². The number of rotatable bonds is 4. The Morgan fingerprint density at radius 3 is 2.33 bits per heavy atom. The summed E-state index contributed by atoms with van der Waals surface area (Å²) >= 11 is 0. The van der Waals surface area contributed by atoms with Gasteiger partial charge in [-0.3, -0.25) is 4.79 Å². The zero-order chi connectivity index (χ0) is 15.4. The molecule has 0 spiro atoms. The molecule has 2 aromatic rings. The van der Waals surface area contributed by atoms with Crippen LogP contribution in [0.3, 0.4) is 0 Å². The summed E-state index contributed by atoms with van der Waals surface area (Å²) < 4.78 is 0. The summed E-state index contributed by atoms with van der Waals surface area (Å²) in [6.07, 6.45) is 4.05. The Bertz CT molecular complexity index is 684. The zero-order valence-corrected chi connectivity index (χ0v) is 12.6. The predicted octanol–water partition coefficient (Wildman–Crippen LogP) is 4.66. The predicted molar refractivity (Wildman–Crippen MR) is 87.3 cm³/mol. The van der Waals surface area contributed by atoms with Crippen LogP contribution in [0.1, 0.15) is 40.7 Å². The van der Waals surface area contributed by atoms with E-state index in [2.05, 4.69) is 32.1 Å². The van der Waals surface area contributed by atoms with Gasteiger partial charge in [0.05, 0.1) is 5.92 Å². The highest BCUT2D eigenvalue weighted by Crippen LogP contribution is 2.23. The van der Waals surface area contributed by atoms with Crippen LogP contribution < -0.4 is 0 Å². The Labute approximate surface area is 125 Å². The van der Waals surface area contributed by atoms with Gasteiger partial charge >= 0.3 is 5.97 Å². The molecule has 0 aliphatic rings. The molecule has 1 unspecified atom stereocenters. The van der Waals surface area contributed by atoms with E-state index >= 15 is 0 Å². The summed E-state index contributed by atoms with van der Waals surface area (Å²) in [5.74, 6) is -1.31. The van der Waals surface area contributed by atoms with Crippen molar-refractivity contribution in [2.24, 2.45) is 0 Å². The van der Waals surface area contributed by atoms with Crippen molar-refractivity contribution < 1.29 is 9.90 Å². The molecule has 2 nitrogen and oxygen atoms in total. The van der Waals surface area contributed by atoms with Crippen molar-refractivity contribution >= 4 is 18.1 Å². The fourth-order valence-electron chi connectivity index (χ4n) is 2.32. The second-order valence-electron chi connectivity index (χ2n) is 5.31. The molecule has 0 aliphatic carbocycles. The maximum absolute atomic E-state index is 11.2. The normalized spacial score (nSPS) is 12.5. The van der Waals surface area contributed by atoms with E-state index in [1.807, 2.05) is 36.4 Å². The number of aryl methyl sites for hydroxylation is 1. The average molecular weight is 280 g/mol. The van der Waals surface area contributed by atoms with Crippen molar-refractivity contribution in [3.63, 3.8) is 0 Å². The first-order valence-electron chi connectivity index (χ1n) is 7.06. The van der Waals surface area contributed by atoms with E-state index < -0.39 is 11.9 Å². The molecular weight excluding hydrogens is 260 g/mol. The van der Waals surface area contributed by atoms with Crippen LogP contribution in [0.25, 0.3) is 12.2 Å². The van der Waals surface area contributed by atoms with E-state index in [1.165, 1.54) is 11.1 Å². The largest absolute Gasteiger partial charge is 0.481 e. The lowest BCUT2D eigenvalue weighted by Gasteiger charge is -2.10. The van der Waals surface area contributed by atoms with Gasteiger partial charge in [-0.2, -0.15) is 0 Å². The first-order chi connectivity index (χ1) is 10.0. The lowest BCUT2D eigenvalue weighted by Crippen LogP contribution is -2.08. The second-order valence-corrected chi connectivity index (χ2v) is 5.31. The number of carboxylic acid groups (broad SMARTS) is 1. The van der Waals surface area contributed by atoms with E-state index in [0.717, 1.165) is 16.7 Å². The van der Waals surface area contributed by atoms with Gasteiger partial charge in [0, 0.05) is 0 Å². The van der Waals surface area contributed by atoms with Crippen LogP contribution in [0.4, 0.5) is 0 Å². The summed E-state index contributed by atoms with van der Waals surface area (Å²) in [7, 11) is 0. The smallest absolute Gasteiger partial charge is 0.310 e. The van der Waals surface area contributed by atoms with Crippen LogP contribution in [-0.2, 0) is 4.79 Å². The summed E-state index contributed by atoms with van der Waals surface area (Å²) in [6.45, 7) is 5.90. The summed E-state index contributed by atoms with van der Waals surface area (Å²) in [6, 6.07) is 13.8.